The van der Waals surface area contributed by atoms with E-state index in [1.807, 2.05) is 13.0 Å². The van der Waals surface area contributed by atoms with Crippen LogP contribution in [0.2, 0.25) is 0 Å². The van der Waals surface area contributed by atoms with Crippen molar-refractivity contribution >= 4 is 22.0 Å². The van der Waals surface area contributed by atoms with Gasteiger partial charge in [0.2, 0.25) is 15.9 Å². The lowest BCUT2D eigenvalue weighted by atomic mass is 10.2. The zero-order valence-electron chi connectivity index (χ0n) is 14.5. The molecule has 7 nitrogen and oxygen atoms in total. The zero-order valence-corrected chi connectivity index (χ0v) is 15.3. The Bertz CT molecular complexity index is 885. The van der Waals surface area contributed by atoms with Crippen LogP contribution in [0.5, 0.6) is 0 Å². The highest BCUT2D eigenvalue weighted by molar-refractivity contribution is 7.89. The minimum atomic E-state index is -3.59. The van der Waals surface area contributed by atoms with Crippen molar-refractivity contribution in [2.45, 2.75) is 18.7 Å². The third kappa shape index (κ3) is 5.54. The maximum absolute atomic E-state index is 12.3. The van der Waals surface area contributed by atoms with Gasteiger partial charge in [-0.05, 0) is 37.1 Å². The van der Waals surface area contributed by atoms with Gasteiger partial charge in [0, 0.05) is 38.0 Å². The first-order valence-corrected chi connectivity index (χ1v) is 9.28. The van der Waals surface area contributed by atoms with E-state index in [0.717, 1.165) is 11.1 Å². The van der Waals surface area contributed by atoms with Gasteiger partial charge in [-0.25, -0.2) is 13.1 Å². The molecular weight excluding hydrogens is 340 g/mol. The van der Waals surface area contributed by atoms with Gasteiger partial charge in [-0.3, -0.25) is 9.48 Å². The second-order valence-electron chi connectivity index (χ2n) is 5.74. The maximum Gasteiger partial charge on any atom is 0.244 e. The number of rotatable bonds is 7. The van der Waals surface area contributed by atoms with Gasteiger partial charge in [0.05, 0.1) is 11.1 Å². The molecule has 0 atom stereocenters. The third-order valence-corrected chi connectivity index (χ3v) is 5.10. The highest BCUT2D eigenvalue weighted by Crippen LogP contribution is 2.16. The van der Waals surface area contributed by atoms with Gasteiger partial charge in [0.25, 0.3) is 0 Å². The Morgan fingerprint density at radius 2 is 2.04 bits per heavy atom. The molecule has 0 aliphatic heterocycles. The fourth-order valence-corrected chi connectivity index (χ4v) is 3.56. The minimum absolute atomic E-state index is 0.113. The van der Waals surface area contributed by atoms with E-state index in [1.165, 1.54) is 6.08 Å². The second kappa shape index (κ2) is 8.09. The monoisotopic (exact) mass is 362 g/mol. The average molecular weight is 362 g/mol. The second-order valence-corrected chi connectivity index (χ2v) is 7.47. The summed E-state index contributed by atoms with van der Waals surface area (Å²) in [5.74, 6) is -0.296. The molecule has 8 heteroatoms. The van der Waals surface area contributed by atoms with E-state index >= 15 is 0 Å². The van der Waals surface area contributed by atoms with Crippen LogP contribution in [0.3, 0.4) is 0 Å². The Morgan fingerprint density at radius 1 is 1.28 bits per heavy atom. The molecule has 0 bridgehead atoms. The van der Waals surface area contributed by atoms with E-state index in [4.69, 9.17) is 0 Å². The van der Waals surface area contributed by atoms with E-state index in [-0.39, 0.29) is 23.9 Å². The van der Waals surface area contributed by atoms with E-state index in [0.29, 0.717) is 5.56 Å². The number of nitrogens with zero attached hydrogens (tertiary/aromatic N) is 2. The maximum atomic E-state index is 12.3. The largest absolute Gasteiger partial charge is 0.351 e. The molecule has 0 aliphatic rings. The van der Waals surface area contributed by atoms with Crippen LogP contribution in [0.1, 0.15) is 16.7 Å². The van der Waals surface area contributed by atoms with Crippen molar-refractivity contribution in [2.75, 3.05) is 13.1 Å². The number of carbonyl (C=O) groups excluding carboxylic acids is 1. The lowest BCUT2D eigenvalue weighted by Gasteiger charge is -2.10. The number of hydrogen-bond donors (Lipinski definition) is 2. The van der Waals surface area contributed by atoms with Gasteiger partial charge >= 0.3 is 0 Å². The molecule has 25 heavy (non-hydrogen) atoms. The molecular formula is C17H22N4O3S. The summed E-state index contributed by atoms with van der Waals surface area (Å²) in [5, 5.41) is 6.63. The number of hydrogen-bond acceptors (Lipinski definition) is 4. The van der Waals surface area contributed by atoms with Crippen molar-refractivity contribution in [1.82, 2.24) is 19.8 Å². The number of sulfonamides is 1. The first-order valence-electron chi connectivity index (χ1n) is 7.79. The Labute approximate surface area is 147 Å². The van der Waals surface area contributed by atoms with Gasteiger partial charge in [0.15, 0.2) is 0 Å². The molecule has 134 valence electrons. The van der Waals surface area contributed by atoms with E-state index in [1.54, 1.807) is 49.3 Å². The van der Waals surface area contributed by atoms with Crippen molar-refractivity contribution in [3.8, 4) is 0 Å². The summed E-state index contributed by atoms with van der Waals surface area (Å²) in [6.45, 7) is 3.90. The molecule has 2 N–H and O–H groups in total. The van der Waals surface area contributed by atoms with Gasteiger partial charge < -0.3 is 5.32 Å². The number of amides is 1. The predicted octanol–water partition coefficient (Wildman–Crippen LogP) is 1.14. The Morgan fingerprint density at radius 3 is 2.72 bits per heavy atom. The fraction of sp³-hybridized carbons (Fsp3) is 0.294. The van der Waals surface area contributed by atoms with E-state index < -0.39 is 10.0 Å². The number of aryl methyl sites for hydroxylation is 3. The summed E-state index contributed by atoms with van der Waals surface area (Å²) < 4.78 is 28.8. The Hall–Kier alpha value is -2.45. The summed E-state index contributed by atoms with van der Waals surface area (Å²) in [6, 6.07) is 5.27. The summed E-state index contributed by atoms with van der Waals surface area (Å²) >= 11 is 0. The van der Waals surface area contributed by atoms with Crippen molar-refractivity contribution in [3.05, 3.63) is 53.4 Å². The molecule has 0 unspecified atom stereocenters. The number of nitrogens with one attached hydrogen (secondary N) is 2. The molecule has 1 heterocycles. The summed E-state index contributed by atoms with van der Waals surface area (Å²) in [4.78, 5) is 12.0. The normalized spacial score (nSPS) is 11.8. The van der Waals surface area contributed by atoms with Crippen LogP contribution in [-0.2, 0) is 21.9 Å². The Kier molecular flexibility index (Phi) is 6.11. The van der Waals surface area contributed by atoms with Gasteiger partial charge in [-0.2, -0.15) is 5.10 Å². The SMILES string of the molecule is Cc1ccc(C)c(S(=O)(=O)NCCNC(=O)C=Cc2cnn(C)c2)c1. The quantitative estimate of drug-likeness (QED) is 0.571. The molecule has 0 aliphatic carbocycles. The first-order chi connectivity index (χ1) is 11.8. The van der Waals surface area contributed by atoms with Crippen LogP contribution >= 0.6 is 0 Å². The van der Waals surface area contributed by atoms with Gasteiger partial charge in [-0.1, -0.05) is 12.1 Å². The highest BCUT2D eigenvalue weighted by atomic mass is 32.2. The molecule has 0 fully saturated rings. The van der Waals surface area contributed by atoms with Crippen LogP contribution < -0.4 is 10.0 Å². The number of aromatic nitrogens is 2. The summed E-state index contributed by atoms with van der Waals surface area (Å²) in [5.41, 5.74) is 2.37. The summed E-state index contributed by atoms with van der Waals surface area (Å²) in [6.07, 6.45) is 6.45. The van der Waals surface area contributed by atoms with Crippen LogP contribution in [0.25, 0.3) is 6.08 Å². The van der Waals surface area contributed by atoms with E-state index in [9.17, 15) is 13.2 Å². The van der Waals surface area contributed by atoms with Crippen molar-refractivity contribution in [2.24, 2.45) is 7.05 Å². The van der Waals surface area contributed by atoms with Crippen molar-refractivity contribution < 1.29 is 13.2 Å². The predicted molar refractivity (Wildman–Crippen MR) is 96.4 cm³/mol. The topological polar surface area (TPSA) is 93.1 Å². The van der Waals surface area contributed by atoms with E-state index in [2.05, 4.69) is 15.1 Å². The zero-order chi connectivity index (χ0) is 18.4. The van der Waals surface area contributed by atoms with Crippen LogP contribution in [0, 0.1) is 13.8 Å². The average Bonchev–Trinajstić information content (AvgIpc) is 2.97. The van der Waals surface area contributed by atoms with Gasteiger partial charge in [0.1, 0.15) is 0 Å². The number of benzene rings is 1. The molecule has 1 amide bonds. The standard InChI is InChI=1S/C17H22N4O3S/c1-13-4-5-14(2)16(10-13)25(23,24)20-9-8-18-17(22)7-6-15-11-19-21(3)12-15/h4-7,10-12,20H,8-9H2,1-3H3,(H,18,22). The first kappa shape index (κ1) is 18.9. The molecule has 2 aromatic rings. The minimum Gasteiger partial charge on any atom is -0.351 e. The lowest BCUT2D eigenvalue weighted by molar-refractivity contribution is -0.116. The molecule has 2 rings (SSSR count). The fourth-order valence-electron chi connectivity index (χ4n) is 2.20. The molecule has 1 aromatic heterocycles. The third-order valence-electron chi connectivity index (χ3n) is 3.50. The molecule has 0 radical (unpaired) electrons. The summed E-state index contributed by atoms with van der Waals surface area (Å²) in [7, 11) is -1.80. The Balaban J connectivity index is 1.83. The van der Waals surface area contributed by atoms with Crippen LogP contribution in [0.4, 0.5) is 0 Å². The smallest absolute Gasteiger partial charge is 0.244 e. The van der Waals surface area contributed by atoms with Crippen LogP contribution in [-0.4, -0.2) is 37.2 Å². The molecule has 1 aromatic carbocycles. The molecule has 0 saturated heterocycles. The van der Waals surface area contributed by atoms with Crippen molar-refractivity contribution in [3.63, 3.8) is 0 Å². The van der Waals surface area contributed by atoms with Crippen molar-refractivity contribution in [1.29, 1.82) is 0 Å². The number of carbonyl (C=O) groups is 1. The van der Waals surface area contributed by atoms with Gasteiger partial charge in [-0.15, -0.1) is 0 Å². The lowest BCUT2D eigenvalue weighted by Crippen LogP contribution is -2.34. The molecule has 0 saturated carbocycles. The highest BCUT2D eigenvalue weighted by Gasteiger charge is 2.16. The molecule has 0 spiro atoms. The van der Waals surface area contributed by atoms with Crippen LogP contribution in [0.15, 0.2) is 41.6 Å².